The Morgan fingerprint density at radius 2 is 1.94 bits per heavy atom. The average molecular weight is 440 g/mol. The summed E-state index contributed by atoms with van der Waals surface area (Å²) in [5, 5.41) is 3.36. The zero-order valence-corrected chi connectivity index (χ0v) is 18.7. The van der Waals surface area contributed by atoms with Gasteiger partial charge in [-0.1, -0.05) is 6.42 Å². The van der Waals surface area contributed by atoms with Crippen LogP contribution in [0.3, 0.4) is 0 Å². The predicted octanol–water partition coefficient (Wildman–Crippen LogP) is 2.07. The molecule has 1 atom stereocenters. The van der Waals surface area contributed by atoms with E-state index in [1.54, 1.807) is 4.52 Å². The highest BCUT2D eigenvalue weighted by molar-refractivity contribution is 5.79. The minimum atomic E-state index is 0.0335. The number of aromatic amines is 1. The molecule has 8 heteroatoms. The van der Waals surface area contributed by atoms with Crippen molar-refractivity contribution in [1.29, 1.82) is 0 Å². The van der Waals surface area contributed by atoms with Gasteiger partial charge in [0.05, 0.1) is 11.3 Å². The summed E-state index contributed by atoms with van der Waals surface area (Å²) in [5.41, 5.74) is 3.56. The third-order valence-corrected chi connectivity index (χ3v) is 8.15. The lowest BCUT2D eigenvalue weighted by molar-refractivity contribution is -0.139. The summed E-state index contributed by atoms with van der Waals surface area (Å²) in [6, 6.07) is 2.53. The number of ether oxygens (including phenoxy) is 1. The SMILES string of the molecule is O=C(C1CCC1)N1CCC[C@H](c2cc3nc4c(c(=O)n3[nH]2)CN(C2CCOCC2)CC4)C1. The van der Waals surface area contributed by atoms with E-state index in [9.17, 15) is 9.59 Å². The van der Waals surface area contributed by atoms with E-state index in [4.69, 9.17) is 9.72 Å². The molecule has 1 aliphatic carbocycles. The maximum atomic E-state index is 13.4. The van der Waals surface area contributed by atoms with E-state index in [2.05, 4.69) is 14.9 Å². The molecule has 0 unspecified atom stereocenters. The fourth-order valence-electron chi connectivity index (χ4n) is 5.94. The summed E-state index contributed by atoms with van der Waals surface area (Å²) >= 11 is 0. The van der Waals surface area contributed by atoms with Gasteiger partial charge in [0.25, 0.3) is 5.56 Å². The van der Waals surface area contributed by atoms with Crippen LogP contribution in [0, 0.1) is 5.92 Å². The fourth-order valence-corrected chi connectivity index (χ4v) is 5.94. The van der Waals surface area contributed by atoms with Crippen LogP contribution in [0.1, 0.15) is 67.8 Å². The van der Waals surface area contributed by atoms with Gasteiger partial charge in [0.15, 0.2) is 5.65 Å². The van der Waals surface area contributed by atoms with Crippen LogP contribution in [0.15, 0.2) is 10.9 Å². The van der Waals surface area contributed by atoms with Gasteiger partial charge in [-0.15, -0.1) is 0 Å². The lowest BCUT2D eigenvalue weighted by atomic mass is 9.83. The second-order valence-corrected chi connectivity index (χ2v) is 10.1. The van der Waals surface area contributed by atoms with E-state index in [1.165, 1.54) is 6.42 Å². The van der Waals surface area contributed by atoms with Crippen LogP contribution in [0.2, 0.25) is 0 Å². The number of rotatable bonds is 3. The highest BCUT2D eigenvalue weighted by Gasteiger charge is 2.33. The first-order valence-electron chi connectivity index (χ1n) is 12.4. The molecule has 0 spiro atoms. The van der Waals surface area contributed by atoms with E-state index < -0.39 is 0 Å². The van der Waals surface area contributed by atoms with Gasteiger partial charge in [0, 0.05) is 75.5 Å². The number of amides is 1. The van der Waals surface area contributed by atoms with Crippen LogP contribution in [0.5, 0.6) is 0 Å². The molecule has 1 N–H and O–H groups in total. The van der Waals surface area contributed by atoms with E-state index in [-0.39, 0.29) is 17.4 Å². The van der Waals surface area contributed by atoms with Crippen molar-refractivity contribution >= 4 is 11.6 Å². The van der Waals surface area contributed by atoms with Crippen LogP contribution < -0.4 is 5.56 Å². The van der Waals surface area contributed by atoms with Crippen molar-refractivity contribution in [3.8, 4) is 0 Å². The summed E-state index contributed by atoms with van der Waals surface area (Å²) in [5.74, 6) is 0.812. The van der Waals surface area contributed by atoms with E-state index in [1.807, 2.05) is 6.07 Å². The molecule has 1 amide bonds. The highest BCUT2D eigenvalue weighted by Crippen LogP contribution is 2.32. The zero-order valence-electron chi connectivity index (χ0n) is 18.7. The van der Waals surface area contributed by atoms with Crippen LogP contribution in [-0.2, 0) is 22.5 Å². The van der Waals surface area contributed by atoms with Gasteiger partial charge >= 0.3 is 0 Å². The third kappa shape index (κ3) is 3.57. The first kappa shape index (κ1) is 20.4. The molecule has 0 radical (unpaired) electrons. The van der Waals surface area contributed by atoms with Crippen molar-refractivity contribution in [2.24, 2.45) is 5.92 Å². The Morgan fingerprint density at radius 1 is 1.09 bits per heavy atom. The second kappa shape index (κ2) is 8.30. The van der Waals surface area contributed by atoms with E-state index in [0.29, 0.717) is 24.1 Å². The Kier molecular flexibility index (Phi) is 5.30. The van der Waals surface area contributed by atoms with E-state index in [0.717, 1.165) is 94.7 Å². The number of hydrogen-bond donors (Lipinski definition) is 1. The minimum absolute atomic E-state index is 0.0335. The van der Waals surface area contributed by atoms with Crippen molar-refractivity contribution in [1.82, 2.24) is 24.4 Å². The predicted molar refractivity (Wildman–Crippen MR) is 120 cm³/mol. The summed E-state index contributed by atoms with van der Waals surface area (Å²) in [6.07, 6.45) is 8.22. The zero-order chi connectivity index (χ0) is 21.7. The molecular weight excluding hydrogens is 406 g/mol. The van der Waals surface area contributed by atoms with Crippen molar-refractivity contribution in [2.75, 3.05) is 32.8 Å². The Labute approximate surface area is 187 Å². The van der Waals surface area contributed by atoms with Crippen LogP contribution in [0.4, 0.5) is 0 Å². The molecule has 3 aliphatic heterocycles. The maximum absolute atomic E-state index is 13.4. The van der Waals surface area contributed by atoms with Gasteiger partial charge < -0.3 is 9.64 Å². The van der Waals surface area contributed by atoms with Crippen molar-refractivity contribution < 1.29 is 9.53 Å². The molecule has 0 aromatic carbocycles. The number of hydrogen-bond acceptors (Lipinski definition) is 5. The van der Waals surface area contributed by atoms with Crippen LogP contribution >= 0.6 is 0 Å². The van der Waals surface area contributed by atoms with Gasteiger partial charge in [0.2, 0.25) is 5.91 Å². The van der Waals surface area contributed by atoms with Gasteiger partial charge in [-0.3, -0.25) is 19.6 Å². The quantitative estimate of drug-likeness (QED) is 0.792. The molecule has 8 nitrogen and oxygen atoms in total. The summed E-state index contributed by atoms with van der Waals surface area (Å²) in [4.78, 5) is 35.5. The monoisotopic (exact) mass is 439 g/mol. The number of fused-ring (bicyclic) bond motifs is 2. The Balaban J connectivity index is 1.24. The molecule has 3 fully saturated rings. The van der Waals surface area contributed by atoms with Crippen LogP contribution in [-0.4, -0.2) is 69.2 Å². The molecule has 32 heavy (non-hydrogen) atoms. The Morgan fingerprint density at radius 3 is 2.72 bits per heavy atom. The third-order valence-electron chi connectivity index (χ3n) is 8.15. The van der Waals surface area contributed by atoms with Gasteiger partial charge in [-0.2, -0.15) is 0 Å². The first-order chi connectivity index (χ1) is 15.7. The van der Waals surface area contributed by atoms with Crippen LogP contribution in [0.25, 0.3) is 5.65 Å². The van der Waals surface area contributed by atoms with Crippen molar-refractivity contribution in [3.05, 3.63) is 33.4 Å². The number of carbonyl (C=O) groups is 1. The lowest BCUT2D eigenvalue weighted by Gasteiger charge is -2.37. The molecule has 172 valence electrons. The molecule has 2 aromatic rings. The number of aromatic nitrogens is 3. The van der Waals surface area contributed by atoms with Crippen molar-refractivity contribution in [3.63, 3.8) is 0 Å². The number of likely N-dealkylation sites (tertiary alicyclic amines) is 1. The van der Waals surface area contributed by atoms with Gasteiger partial charge in [-0.25, -0.2) is 9.50 Å². The summed E-state index contributed by atoms with van der Waals surface area (Å²) in [6.45, 7) is 4.86. The molecular formula is C24H33N5O3. The molecule has 2 aromatic heterocycles. The molecule has 4 aliphatic rings. The number of piperidine rings is 1. The molecule has 1 saturated carbocycles. The Bertz CT molecular complexity index is 1070. The second-order valence-electron chi connectivity index (χ2n) is 10.1. The van der Waals surface area contributed by atoms with Gasteiger partial charge in [0.1, 0.15) is 0 Å². The number of nitrogens with zero attached hydrogens (tertiary/aromatic N) is 4. The molecule has 0 bridgehead atoms. The fraction of sp³-hybridized carbons (Fsp3) is 0.708. The summed E-state index contributed by atoms with van der Waals surface area (Å²) < 4.78 is 7.15. The summed E-state index contributed by atoms with van der Waals surface area (Å²) in [7, 11) is 0. The number of carbonyl (C=O) groups excluding carboxylic acids is 1. The normalized spacial score (nSPS) is 25.6. The van der Waals surface area contributed by atoms with Gasteiger partial charge in [-0.05, 0) is 38.5 Å². The minimum Gasteiger partial charge on any atom is -0.381 e. The average Bonchev–Trinajstić information content (AvgIpc) is 3.23. The smallest absolute Gasteiger partial charge is 0.277 e. The molecule has 6 rings (SSSR count). The Hall–Kier alpha value is -2.19. The largest absolute Gasteiger partial charge is 0.381 e. The topological polar surface area (TPSA) is 82.9 Å². The number of nitrogens with one attached hydrogen (secondary N) is 1. The maximum Gasteiger partial charge on any atom is 0.277 e. The van der Waals surface area contributed by atoms with Crippen molar-refractivity contribution in [2.45, 2.75) is 69.9 Å². The molecule has 5 heterocycles. The van der Waals surface area contributed by atoms with E-state index >= 15 is 0 Å². The highest BCUT2D eigenvalue weighted by atomic mass is 16.5. The standard InChI is InChI=1S/C24H33N5O3/c30-23(16-3-1-4-16)28-9-2-5-17(14-28)21-13-22-25-20-6-10-27(18-7-11-32-12-8-18)15-19(20)24(31)29(22)26-21/h13,16-18,26H,1-12,14-15H2/t17-/m0/s1. The first-order valence-corrected chi connectivity index (χ1v) is 12.4. The lowest BCUT2D eigenvalue weighted by Crippen LogP contribution is -2.44. The molecule has 2 saturated heterocycles. The number of H-pyrrole nitrogens is 1.